The first-order valence-electron chi connectivity index (χ1n) is 11.6. The largest absolute Gasteiger partial charge is 0.181 e. The standard InChI is InChI=1S/C24H37N3S/c1-3-5-7-9-10-11-13-15-21(14-12-8-6-4-2)27-25-22-18-20-16-17-28-24(20)19-23(22)26-27/h16-19,21H,3-15H2,1-2H3. The lowest BCUT2D eigenvalue weighted by Gasteiger charge is -2.16. The Bertz CT molecular complexity index is 772. The molecule has 3 rings (SSSR count). The molecule has 3 nitrogen and oxygen atoms in total. The van der Waals surface area contributed by atoms with Crippen LogP contribution in [0.25, 0.3) is 21.1 Å². The molecule has 0 aliphatic heterocycles. The second-order valence-corrected chi connectivity index (χ2v) is 9.18. The molecule has 0 fully saturated rings. The molecule has 0 aliphatic carbocycles. The fraction of sp³-hybridized carbons (Fsp3) is 0.667. The molecule has 3 aromatic rings. The lowest BCUT2D eigenvalue weighted by atomic mass is 10.0. The van der Waals surface area contributed by atoms with Crippen LogP contribution in [0.5, 0.6) is 0 Å². The third-order valence-electron chi connectivity index (χ3n) is 5.83. The molecule has 1 aromatic carbocycles. The van der Waals surface area contributed by atoms with Gasteiger partial charge in [-0.15, -0.1) is 11.3 Å². The van der Waals surface area contributed by atoms with Gasteiger partial charge in [0.1, 0.15) is 11.0 Å². The molecule has 4 heteroatoms. The van der Waals surface area contributed by atoms with Crippen LogP contribution in [-0.4, -0.2) is 15.0 Å². The third-order valence-corrected chi connectivity index (χ3v) is 6.71. The van der Waals surface area contributed by atoms with Gasteiger partial charge in [-0.1, -0.05) is 84.5 Å². The molecule has 0 saturated carbocycles. The van der Waals surface area contributed by atoms with E-state index in [9.17, 15) is 0 Å². The molecular formula is C24H37N3S. The maximum Gasteiger partial charge on any atom is 0.114 e. The van der Waals surface area contributed by atoms with Gasteiger partial charge >= 0.3 is 0 Å². The number of hydrogen-bond donors (Lipinski definition) is 0. The second kappa shape index (κ2) is 11.5. The summed E-state index contributed by atoms with van der Waals surface area (Å²) in [5.74, 6) is 0. The zero-order valence-electron chi connectivity index (χ0n) is 17.8. The van der Waals surface area contributed by atoms with Gasteiger partial charge in [0.25, 0.3) is 0 Å². The quantitative estimate of drug-likeness (QED) is 0.255. The Kier molecular flexibility index (Phi) is 8.78. The Balaban J connectivity index is 1.60. The first-order valence-corrected chi connectivity index (χ1v) is 12.4. The Labute approximate surface area is 174 Å². The van der Waals surface area contributed by atoms with Crippen LogP contribution in [0.4, 0.5) is 0 Å². The molecular weight excluding hydrogens is 362 g/mol. The minimum absolute atomic E-state index is 0.456. The summed E-state index contributed by atoms with van der Waals surface area (Å²) < 4.78 is 1.31. The van der Waals surface area contributed by atoms with E-state index in [1.54, 1.807) is 11.3 Å². The van der Waals surface area contributed by atoms with Gasteiger partial charge < -0.3 is 0 Å². The molecule has 2 aromatic heterocycles. The van der Waals surface area contributed by atoms with E-state index in [4.69, 9.17) is 10.2 Å². The van der Waals surface area contributed by atoms with Crippen molar-refractivity contribution in [3.8, 4) is 0 Å². The number of unbranched alkanes of at least 4 members (excludes halogenated alkanes) is 9. The van der Waals surface area contributed by atoms with Gasteiger partial charge in [-0.05, 0) is 41.8 Å². The summed E-state index contributed by atoms with van der Waals surface area (Å²) in [6.45, 7) is 4.57. The van der Waals surface area contributed by atoms with E-state index in [-0.39, 0.29) is 0 Å². The van der Waals surface area contributed by atoms with Crippen LogP contribution in [0, 0.1) is 0 Å². The second-order valence-electron chi connectivity index (χ2n) is 8.23. The molecule has 1 unspecified atom stereocenters. The highest BCUT2D eigenvalue weighted by atomic mass is 32.1. The van der Waals surface area contributed by atoms with Gasteiger partial charge in [-0.2, -0.15) is 15.0 Å². The highest BCUT2D eigenvalue weighted by Crippen LogP contribution is 2.28. The fourth-order valence-electron chi connectivity index (χ4n) is 4.07. The number of nitrogens with zero attached hydrogens (tertiary/aromatic N) is 3. The summed E-state index contributed by atoms with van der Waals surface area (Å²) in [6, 6.07) is 7.05. The third kappa shape index (κ3) is 6.04. The fourth-order valence-corrected chi connectivity index (χ4v) is 4.88. The first-order chi connectivity index (χ1) is 13.8. The summed E-state index contributed by atoms with van der Waals surface area (Å²) in [7, 11) is 0. The Morgan fingerprint density at radius 3 is 2.04 bits per heavy atom. The summed E-state index contributed by atoms with van der Waals surface area (Å²) in [4.78, 5) is 2.05. The molecule has 28 heavy (non-hydrogen) atoms. The number of aromatic nitrogens is 3. The van der Waals surface area contributed by atoms with E-state index in [0.717, 1.165) is 11.0 Å². The summed E-state index contributed by atoms with van der Waals surface area (Å²) >= 11 is 1.79. The molecule has 0 spiro atoms. The van der Waals surface area contributed by atoms with Crippen molar-refractivity contribution in [1.29, 1.82) is 0 Å². The average Bonchev–Trinajstić information content (AvgIpc) is 3.32. The molecule has 0 N–H and O–H groups in total. The number of benzene rings is 1. The van der Waals surface area contributed by atoms with Gasteiger partial charge in [0.15, 0.2) is 0 Å². The van der Waals surface area contributed by atoms with E-state index in [0.29, 0.717) is 6.04 Å². The van der Waals surface area contributed by atoms with E-state index in [2.05, 4.69) is 42.2 Å². The summed E-state index contributed by atoms with van der Waals surface area (Å²) in [5, 5.41) is 13.2. The first kappa shape index (κ1) is 21.3. The molecule has 0 radical (unpaired) electrons. The number of thiophene rings is 1. The SMILES string of the molecule is CCCCCCCCCC(CCCCCC)n1nc2cc3ccsc3cc2n1. The molecule has 1 atom stereocenters. The van der Waals surface area contributed by atoms with Crippen molar-refractivity contribution in [3.63, 3.8) is 0 Å². The van der Waals surface area contributed by atoms with Crippen molar-refractivity contribution >= 4 is 32.5 Å². The van der Waals surface area contributed by atoms with E-state index in [1.807, 2.05) is 0 Å². The van der Waals surface area contributed by atoms with Crippen molar-refractivity contribution in [2.45, 2.75) is 103 Å². The lowest BCUT2D eigenvalue weighted by Crippen LogP contribution is -2.12. The zero-order chi connectivity index (χ0) is 19.6. The van der Waals surface area contributed by atoms with E-state index < -0.39 is 0 Å². The molecule has 0 bridgehead atoms. The zero-order valence-corrected chi connectivity index (χ0v) is 18.6. The van der Waals surface area contributed by atoms with Crippen molar-refractivity contribution in [2.24, 2.45) is 0 Å². The van der Waals surface area contributed by atoms with E-state index >= 15 is 0 Å². The Morgan fingerprint density at radius 2 is 1.36 bits per heavy atom. The normalized spacial score (nSPS) is 12.9. The molecule has 0 saturated heterocycles. The smallest absolute Gasteiger partial charge is 0.114 e. The Morgan fingerprint density at radius 1 is 0.786 bits per heavy atom. The molecule has 154 valence electrons. The van der Waals surface area contributed by atoms with E-state index in [1.165, 1.54) is 93.6 Å². The number of hydrogen-bond acceptors (Lipinski definition) is 3. The average molecular weight is 400 g/mol. The van der Waals surface area contributed by atoms with Crippen LogP contribution in [0.1, 0.15) is 103 Å². The Hall–Kier alpha value is -1.42. The van der Waals surface area contributed by atoms with Crippen molar-refractivity contribution < 1.29 is 0 Å². The van der Waals surface area contributed by atoms with Gasteiger partial charge in [0.05, 0.1) is 6.04 Å². The van der Waals surface area contributed by atoms with Crippen LogP contribution in [0.2, 0.25) is 0 Å². The van der Waals surface area contributed by atoms with Gasteiger partial charge in [-0.25, -0.2) is 0 Å². The van der Waals surface area contributed by atoms with Crippen LogP contribution < -0.4 is 0 Å². The van der Waals surface area contributed by atoms with Gasteiger partial charge in [0.2, 0.25) is 0 Å². The number of rotatable bonds is 14. The van der Waals surface area contributed by atoms with Gasteiger partial charge in [0, 0.05) is 4.70 Å². The predicted octanol–water partition coefficient (Wildman–Crippen LogP) is 8.30. The van der Waals surface area contributed by atoms with Crippen molar-refractivity contribution in [2.75, 3.05) is 0 Å². The van der Waals surface area contributed by atoms with Crippen molar-refractivity contribution in [1.82, 2.24) is 15.0 Å². The van der Waals surface area contributed by atoms with Crippen LogP contribution in [0.3, 0.4) is 0 Å². The monoisotopic (exact) mass is 399 g/mol. The maximum atomic E-state index is 4.89. The number of fused-ring (bicyclic) bond motifs is 2. The highest BCUT2D eigenvalue weighted by Gasteiger charge is 2.15. The predicted molar refractivity (Wildman–Crippen MR) is 123 cm³/mol. The maximum absolute atomic E-state index is 4.89. The minimum Gasteiger partial charge on any atom is -0.181 e. The topological polar surface area (TPSA) is 30.7 Å². The minimum atomic E-state index is 0.456. The highest BCUT2D eigenvalue weighted by molar-refractivity contribution is 7.17. The molecule has 0 aliphatic rings. The lowest BCUT2D eigenvalue weighted by molar-refractivity contribution is 0.337. The molecule has 2 heterocycles. The van der Waals surface area contributed by atoms with Crippen LogP contribution in [-0.2, 0) is 0 Å². The van der Waals surface area contributed by atoms with Crippen LogP contribution >= 0.6 is 11.3 Å². The van der Waals surface area contributed by atoms with Gasteiger partial charge in [-0.3, -0.25) is 0 Å². The summed E-state index contributed by atoms with van der Waals surface area (Å²) in [6.07, 6.45) is 17.3. The summed E-state index contributed by atoms with van der Waals surface area (Å²) in [5.41, 5.74) is 2.09. The van der Waals surface area contributed by atoms with Crippen LogP contribution in [0.15, 0.2) is 23.6 Å². The molecule has 0 amide bonds. The van der Waals surface area contributed by atoms with Crippen molar-refractivity contribution in [3.05, 3.63) is 23.6 Å².